The van der Waals surface area contributed by atoms with Crippen molar-refractivity contribution in [1.82, 2.24) is 0 Å². The van der Waals surface area contributed by atoms with E-state index in [0.29, 0.717) is 5.92 Å². The van der Waals surface area contributed by atoms with E-state index in [1.54, 1.807) is 7.11 Å². The summed E-state index contributed by atoms with van der Waals surface area (Å²) < 4.78 is 12.3. The topological polar surface area (TPSA) is 40.0 Å². The molecule has 0 N–H and O–H groups in total. The van der Waals surface area contributed by atoms with E-state index in [-0.39, 0.29) is 18.3 Å². The van der Waals surface area contributed by atoms with Gasteiger partial charge in [-0.3, -0.25) is 0 Å². The molecular weight excluding hydrogens is 313 g/mol. The zero-order valence-electron chi connectivity index (χ0n) is 16.2. The summed E-state index contributed by atoms with van der Waals surface area (Å²) in [6.07, 6.45) is 6.28. The van der Waals surface area contributed by atoms with Crippen LogP contribution in [0.15, 0.2) is 29.4 Å². The van der Waals surface area contributed by atoms with E-state index in [1.165, 1.54) is 32.1 Å². The molecular formula is C20H30BNO3. The first-order valence-electron chi connectivity index (χ1n) is 9.41. The third kappa shape index (κ3) is 3.77. The fourth-order valence-corrected chi connectivity index (χ4v) is 3.63. The molecule has 1 saturated carbocycles. The Bertz CT molecular complexity index is 602. The Morgan fingerprint density at radius 2 is 1.56 bits per heavy atom. The average Bonchev–Trinajstić information content (AvgIpc) is 2.81. The van der Waals surface area contributed by atoms with Crippen molar-refractivity contribution in [1.29, 1.82) is 0 Å². The van der Waals surface area contributed by atoms with Crippen molar-refractivity contribution in [2.45, 2.75) is 71.0 Å². The number of benzene rings is 1. The molecule has 1 aliphatic carbocycles. The van der Waals surface area contributed by atoms with E-state index in [2.05, 4.69) is 57.1 Å². The number of hydrogen-bond acceptors (Lipinski definition) is 4. The molecule has 0 unspecified atom stereocenters. The van der Waals surface area contributed by atoms with Gasteiger partial charge >= 0.3 is 7.12 Å². The molecule has 2 aliphatic rings. The zero-order chi connectivity index (χ0) is 18.1. The summed E-state index contributed by atoms with van der Waals surface area (Å²) >= 11 is 0. The Hall–Kier alpha value is -1.33. The molecule has 25 heavy (non-hydrogen) atoms. The molecule has 4 nitrogen and oxygen atoms in total. The summed E-state index contributed by atoms with van der Waals surface area (Å²) in [5.41, 5.74) is 2.61. The second kappa shape index (κ2) is 7.12. The average molecular weight is 343 g/mol. The third-order valence-electron chi connectivity index (χ3n) is 5.91. The monoisotopic (exact) mass is 343 g/mol. The van der Waals surface area contributed by atoms with Crippen molar-refractivity contribution in [2.24, 2.45) is 11.1 Å². The quantitative estimate of drug-likeness (QED) is 0.473. The summed E-state index contributed by atoms with van der Waals surface area (Å²) in [7, 11) is 1.30. The molecule has 136 valence electrons. The first kappa shape index (κ1) is 18.5. The van der Waals surface area contributed by atoms with Gasteiger partial charge in [-0.2, -0.15) is 0 Å². The van der Waals surface area contributed by atoms with Crippen molar-refractivity contribution >= 4 is 18.3 Å². The molecule has 0 amide bonds. The predicted molar refractivity (Wildman–Crippen MR) is 102 cm³/mol. The van der Waals surface area contributed by atoms with Crippen LogP contribution < -0.4 is 5.46 Å². The Morgan fingerprint density at radius 3 is 2.08 bits per heavy atom. The van der Waals surface area contributed by atoms with Crippen molar-refractivity contribution in [3.8, 4) is 0 Å². The van der Waals surface area contributed by atoms with Crippen LogP contribution in [0.4, 0.5) is 0 Å². The van der Waals surface area contributed by atoms with Gasteiger partial charge in [0.2, 0.25) is 0 Å². The normalized spacial score (nSPS) is 23.7. The van der Waals surface area contributed by atoms with Crippen molar-refractivity contribution in [3.63, 3.8) is 0 Å². The molecule has 0 bridgehead atoms. The lowest BCUT2D eigenvalue weighted by Crippen LogP contribution is -2.41. The summed E-state index contributed by atoms with van der Waals surface area (Å²) in [6, 6.07) is 8.41. The minimum atomic E-state index is -0.323. The fraction of sp³-hybridized carbons (Fsp3) is 0.650. The van der Waals surface area contributed by atoms with Gasteiger partial charge in [0.05, 0.1) is 16.9 Å². The molecule has 3 rings (SSSR count). The second-order valence-electron chi connectivity index (χ2n) is 8.20. The summed E-state index contributed by atoms with van der Waals surface area (Å²) in [5, 5.41) is 4.35. The summed E-state index contributed by atoms with van der Waals surface area (Å²) in [4.78, 5) is 5.13. The number of hydrogen-bond donors (Lipinski definition) is 0. The molecule has 0 aromatic heterocycles. The van der Waals surface area contributed by atoms with Crippen LogP contribution in [-0.4, -0.2) is 31.1 Å². The molecule has 1 aliphatic heterocycles. The molecule has 1 saturated heterocycles. The fourth-order valence-electron chi connectivity index (χ4n) is 3.63. The van der Waals surface area contributed by atoms with Gasteiger partial charge in [-0.05, 0) is 51.6 Å². The van der Waals surface area contributed by atoms with Gasteiger partial charge in [-0.25, -0.2) is 0 Å². The largest absolute Gasteiger partial charge is 0.494 e. The molecule has 0 spiro atoms. The highest BCUT2D eigenvalue weighted by atomic mass is 16.7. The maximum absolute atomic E-state index is 6.14. The number of nitrogens with zero attached hydrogens (tertiary/aromatic N) is 1. The van der Waals surface area contributed by atoms with Crippen LogP contribution in [0.3, 0.4) is 0 Å². The van der Waals surface area contributed by atoms with Crippen LogP contribution in [-0.2, 0) is 14.1 Å². The molecule has 1 aromatic carbocycles. The standard InChI is InChI=1S/C20H30BNO3/c1-19(2)20(3,4)25-21(24-19)17-13-11-16(12-14-17)18(22-23-5)15-9-7-6-8-10-15/h11-15H,6-10H2,1-5H3/b22-18+. The van der Waals surface area contributed by atoms with E-state index in [9.17, 15) is 0 Å². The lowest BCUT2D eigenvalue weighted by atomic mass is 9.77. The Labute approximate surface area is 152 Å². The van der Waals surface area contributed by atoms with Gasteiger partial charge < -0.3 is 14.1 Å². The third-order valence-corrected chi connectivity index (χ3v) is 5.91. The smallest absolute Gasteiger partial charge is 0.399 e. The van der Waals surface area contributed by atoms with Crippen LogP contribution in [0, 0.1) is 5.92 Å². The van der Waals surface area contributed by atoms with Gasteiger partial charge in [0.1, 0.15) is 7.11 Å². The van der Waals surface area contributed by atoms with E-state index in [1.807, 2.05) is 0 Å². The lowest BCUT2D eigenvalue weighted by Gasteiger charge is -2.32. The molecule has 5 heteroatoms. The highest BCUT2D eigenvalue weighted by Crippen LogP contribution is 2.36. The first-order valence-corrected chi connectivity index (χ1v) is 9.41. The van der Waals surface area contributed by atoms with Gasteiger partial charge in [0.25, 0.3) is 0 Å². The van der Waals surface area contributed by atoms with Crippen molar-refractivity contribution in [2.75, 3.05) is 7.11 Å². The molecule has 1 aromatic rings. The first-order chi connectivity index (χ1) is 11.8. The van der Waals surface area contributed by atoms with Crippen LogP contribution in [0.1, 0.15) is 65.4 Å². The summed E-state index contributed by atoms with van der Waals surface area (Å²) in [5.74, 6) is 0.497. The molecule has 0 radical (unpaired) electrons. The molecule has 0 atom stereocenters. The van der Waals surface area contributed by atoms with Crippen molar-refractivity contribution < 1.29 is 14.1 Å². The number of rotatable bonds is 4. The highest BCUT2D eigenvalue weighted by molar-refractivity contribution is 6.62. The van der Waals surface area contributed by atoms with Crippen LogP contribution in [0.25, 0.3) is 0 Å². The highest BCUT2D eigenvalue weighted by Gasteiger charge is 2.51. The van der Waals surface area contributed by atoms with E-state index in [0.717, 1.165) is 16.7 Å². The Balaban J connectivity index is 1.78. The zero-order valence-corrected chi connectivity index (χ0v) is 16.2. The molecule has 1 heterocycles. The van der Waals surface area contributed by atoms with E-state index >= 15 is 0 Å². The van der Waals surface area contributed by atoms with Crippen LogP contribution >= 0.6 is 0 Å². The van der Waals surface area contributed by atoms with Gasteiger partial charge in [0, 0.05) is 5.92 Å². The minimum absolute atomic E-state index is 0.318. The van der Waals surface area contributed by atoms with E-state index in [4.69, 9.17) is 14.1 Å². The summed E-state index contributed by atoms with van der Waals surface area (Å²) in [6.45, 7) is 8.31. The van der Waals surface area contributed by atoms with Crippen LogP contribution in [0.2, 0.25) is 0 Å². The second-order valence-corrected chi connectivity index (χ2v) is 8.20. The van der Waals surface area contributed by atoms with Gasteiger partial charge in [-0.1, -0.05) is 48.7 Å². The number of oxime groups is 1. The van der Waals surface area contributed by atoms with Gasteiger partial charge in [-0.15, -0.1) is 0 Å². The van der Waals surface area contributed by atoms with Crippen molar-refractivity contribution in [3.05, 3.63) is 29.8 Å². The minimum Gasteiger partial charge on any atom is -0.399 e. The predicted octanol–water partition coefficient (Wildman–Crippen LogP) is 3.92. The van der Waals surface area contributed by atoms with Crippen LogP contribution in [0.5, 0.6) is 0 Å². The van der Waals surface area contributed by atoms with Gasteiger partial charge in [0.15, 0.2) is 0 Å². The molecule has 2 fully saturated rings. The lowest BCUT2D eigenvalue weighted by molar-refractivity contribution is 0.00578. The SMILES string of the molecule is CO/N=C(/c1ccc(B2OC(C)(C)C(C)(C)O2)cc1)C1CCCCC1. The maximum Gasteiger partial charge on any atom is 0.494 e. The maximum atomic E-state index is 6.14. The van der Waals surface area contributed by atoms with E-state index < -0.39 is 0 Å². The Kier molecular flexibility index (Phi) is 5.26. The Morgan fingerprint density at radius 1 is 1.00 bits per heavy atom.